The van der Waals surface area contributed by atoms with Gasteiger partial charge >= 0.3 is 0 Å². The quantitative estimate of drug-likeness (QED) is 0.734. The highest BCUT2D eigenvalue weighted by Crippen LogP contribution is 2.35. The summed E-state index contributed by atoms with van der Waals surface area (Å²) in [4.78, 5) is 4.79. The average Bonchev–Trinajstić information content (AvgIpc) is 2.94. The first-order valence-corrected chi connectivity index (χ1v) is 7.18. The first-order chi connectivity index (χ1) is 10.7. The third-order valence-electron chi connectivity index (χ3n) is 3.85. The summed E-state index contributed by atoms with van der Waals surface area (Å²) in [5.74, 6) is 0.492. The molecule has 2 heterocycles. The Bertz CT molecular complexity index is 874. The maximum atomic E-state index is 9.41. The zero-order valence-electron chi connectivity index (χ0n) is 12.9. The van der Waals surface area contributed by atoms with Gasteiger partial charge in [0.1, 0.15) is 11.4 Å². The van der Waals surface area contributed by atoms with Crippen LogP contribution in [0.15, 0.2) is 42.6 Å². The fourth-order valence-electron chi connectivity index (χ4n) is 2.74. The number of aromatic nitrogens is 2. The average molecular weight is 291 g/mol. The van der Waals surface area contributed by atoms with E-state index in [0.717, 1.165) is 33.9 Å². The molecule has 0 aliphatic carbocycles. The van der Waals surface area contributed by atoms with Gasteiger partial charge in [-0.05, 0) is 37.6 Å². The van der Waals surface area contributed by atoms with Crippen molar-refractivity contribution in [1.82, 2.24) is 9.38 Å². The summed E-state index contributed by atoms with van der Waals surface area (Å²) in [6.07, 6.45) is 1.96. The maximum absolute atomic E-state index is 9.41. The minimum atomic E-state index is -0.267. The predicted octanol–water partition coefficient (Wildman–Crippen LogP) is 3.95. The Morgan fingerprint density at radius 3 is 2.73 bits per heavy atom. The topological polar surface area (TPSA) is 50.3 Å². The maximum Gasteiger partial charge on any atom is 0.140 e. The van der Waals surface area contributed by atoms with Gasteiger partial charge in [-0.2, -0.15) is 5.26 Å². The van der Waals surface area contributed by atoms with Crippen LogP contribution in [0.1, 0.15) is 24.1 Å². The second-order valence-corrected chi connectivity index (χ2v) is 5.28. The summed E-state index contributed by atoms with van der Waals surface area (Å²) < 4.78 is 7.47. The van der Waals surface area contributed by atoms with Gasteiger partial charge < -0.3 is 9.14 Å². The van der Waals surface area contributed by atoms with Crippen molar-refractivity contribution in [1.29, 1.82) is 5.26 Å². The molecule has 0 radical (unpaired) electrons. The van der Waals surface area contributed by atoms with Crippen molar-refractivity contribution in [2.45, 2.75) is 19.8 Å². The Morgan fingerprint density at radius 2 is 2.00 bits per heavy atom. The largest absolute Gasteiger partial charge is 0.496 e. The van der Waals surface area contributed by atoms with E-state index in [-0.39, 0.29) is 5.92 Å². The Morgan fingerprint density at radius 1 is 1.23 bits per heavy atom. The fraction of sp³-hybridized carbons (Fsp3) is 0.222. The monoisotopic (exact) mass is 291 g/mol. The van der Waals surface area contributed by atoms with Gasteiger partial charge in [0.25, 0.3) is 0 Å². The number of benzene rings is 1. The van der Waals surface area contributed by atoms with Gasteiger partial charge in [-0.3, -0.25) is 0 Å². The van der Waals surface area contributed by atoms with E-state index in [1.807, 2.05) is 60.8 Å². The SMILES string of the molecule is COc1ccccc1-c1nc2c(C)cccn2c1C(C)C#N. The van der Waals surface area contributed by atoms with Gasteiger partial charge in [-0.1, -0.05) is 18.2 Å². The molecule has 110 valence electrons. The number of nitrogens with zero attached hydrogens (tertiary/aromatic N) is 3. The summed E-state index contributed by atoms with van der Waals surface area (Å²) >= 11 is 0. The lowest BCUT2D eigenvalue weighted by atomic mass is 10.0. The van der Waals surface area contributed by atoms with Gasteiger partial charge in [0.2, 0.25) is 0 Å². The fourth-order valence-corrected chi connectivity index (χ4v) is 2.74. The molecule has 3 rings (SSSR count). The molecule has 22 heavy (non-hydrogen) atoms. The molecular weight excluding hydrogens is 274 g/mol. The van der Waals surface area contributed by atoms with E-state index in [0.29, 0.717) is 0 Å². The van der Waals surface area contributed by atoms with Crippen LogP contribution in [0.2, 0.25) is 0 Å². The number of hydrogen-bond donors (Lipinski definition) is 0. The molecule has 3 aromatic rings. The normalized spacial score (nSPS) is 12.1. The third kappa shape index (κ3) is 2.11. The number of pyridine rings is 1. The van der Waals surface area contributed by atoms with Gasteiger partial charge in [0.05, 0.1) is 30.5 Å². The number of nitriles is 1. The second kappa shape index (κ2) is 5.53. The van der Waals surface area contributed by atoms with Crippen molar-refractivity contribution < 1.29 is 4.74 Å². The zero-order valence-corrected chi connectivity index (χ0v) is 12.9. The summed E-state index contributed by atoms with van der Waals surface area (Å²) in [5.41, 5.74) is 4.56. The molecule has 4 heteroatoms. The Kier molecular flexibility index (Phi) is 3.56. The molecule has 0 saturated carbocycles. The lowest BCUT2D eigenvalue weighted by molar-refractivity contribution is 0.416. The molecule has 0 spiro atoms. The second-order valence-electron chi connectivity index (χ2n) is 5.28. The lowest BCUT2D eigenvalue weighted by Gasteiger charge is -2.10. The summed E-state index contributed by atoms with van der Waals surface area (Å²) in [6, 6.07) is 14.1. The number of aryl methyl sites for hydroxylation is 1. The van der Waals surface area contributed by atoms with Crippen LogP contribution in [0.4, 0.5) is 0 Å². The van der Waals surface area contributed by atoms with Crippen LogP contribution >= 0.6 is 0 Å². The van der Waals surface area contributed by atoms with E-state index >= 15 is 0 Å². The van der Waals surface area contributed by atoms with Gasteiger partial charge in [-0.15, -0.1) is 0 Å². The highest BCUT2D eigenvalue weighted by molar-refractivity contribution is 5.74. The van der Waals surface area contributed by atoms with Gasteiger partial charge in [0, 0.05) is 11.8 Å². The van der Waals surface area contributed by atoms with Crippen LogP contribution in [-0.4, -0.2) is 16.5 Å². The molecule has 0 bridgehead atoms. The summed E-state index contributed by atoms with van der Waals surface area (Å²) in [5, 5.41) is 9.41. The van der Waals surface area contributed by atoms with E-state index < -0.39 is 0 Å². The molecule has 1 unspecified atom stereocenters. The molecule has 4 nitrogen and oxygen atoms in total. The van der Waals surface area contributed by atoms with Crippen molar-refractivity contribution in [2.24, 2.45) is 0 Å². The van der Waals surface area contributed by atoms with Gasteiger partial charge in [0.15, 0.2) is 0 Å². The molecule has 1 aromatic carbocycles. The van der Waals surface area contributed by atoms with Crippen LogP contribution in [-0.2, 0) is 0 Å². The standard InChI is InChI=1S/C18H17N3O/c1-12-7-6-10-21-17(13(2)11-19)16(20-18(12)21)14-8-4-5-9-15(14)22-3/h4-10,13H,1-3H3. The number of ether oxygens (including phenoxy) is 1. The highest BCUT2D eigenvalue weighted by Gasteiger charge is 2.21. The minimum Gasteiger partial charge on any atom is -0.496 e. The molecule has 0 saturated heterocycles. The highest BCUT2D eigenvalue weighted by atomic mass is 16.5. The molecule has 1 atom stereocenters. The van der Waals surface area contributed by atoms with Crippen LogP contribution in [0.5, 0.6) is 5.75 Å². The van der Waals surface area contributed by atoms with E-state index in [4.69, 9.17) is 9.72 Å². The van der Waals surface area contributed by atoms with Crippen molar-refractivity contribution in [3.8, 4) is 23.1 Å². The molecule has 0 N–H and O–H groups in total. The van der Waals surface area contributed by atoms with Gasteiger partial charge in [-0.25, -0.2) is 4.98 Å². The number of methoxy groups -OCH3 is 1. The first kappa shape index (κ1) is 14.2. The Balaban J connectivity index is 2.39. The summed E-state index contributed by atoms with van der Waals surface area (Å²) in [7, 11) is 1.65. The van der Waals surface area contributed by atoms with Crippen molar-refractivity contribution in [3.63, 3.8) is 0 Å². The van der Waals surface area contributed by atoms with Crippen LogP contribution in [0, 0.1) is 18.3 Å². The molecule has 0 fully saturated rings. The van der Waals surface area contributed by atoms with Crippen molar-refractivity contribution >= 4 is 5.65 Å². The Hall–Kier alpha value is -2.80. The Labute approximate surface area is 129 Å². The van der Waals surface area contributed by atoms with E-state index in [2.05, 4.69) is 6.07 Å². The molecule has 2 aromatic heterocycles. The van der Waals surface area contributed by atoms with E-state index in [1.54, 1.807) is 7.11 Å². The van der Waals surface area contributed by atoms with Crippen LogP contribution in [0.3, 0.4) is 0 Å². The molecule has 0 aliphatic rings. The van der Waals surface area contributed by atoms with Crippen LogP contribution < -0.4 is 4.74 Å². The predicted molar refractivity (Wildman–Crippen MR) is 85.9 cm³/mol. The van der Waals surface area contributed by atoms with Crippen LogP contribution in [0.25, 0.3) is 16.9 Å². The number of rotatable bonds is 3. The smallest absolute Gasteiger partial charge is 0.140 e. The lowest BCUT2D eigenvalue weighted by Crippen LogP contribution is -1.99. The third-order valence-corrected chi connectivity index (χ3v) is 3.85. The van der Waals surface area contributed by atoms with E-state index in [1.165, 1.54) is 0 Å². The summed E-state index contributed by atoms with van der Waals surface area (Å²) in [6.45, 7) is 3.92. The van der Waals surface area contributed by atoms with Crippen molar-refractivity contribution in [2.75, 3.05) is 7.11 Å². The zero-order chi connectivity index (χ0) is 15.7. The van der Waals surface area contributed by atoms with Crippen molar-refractivity contribution in [3.05, 3.63) is 53.9 Å². The number of fused-ring (bicyclic) bond motifs is 1. The molecule has 0 amide bonds. The molecular formula is C18H17N3O. The minimum absolute atomic E-state index is 0.267. The number of hydrogen-bond acceptors (Lipinski definition) is 3. The molecule has 0 aliphatic heterocycles. The number of para-hydroxylation sites is 1. The first-order valence-electron chi connectivity index (χ1n) is 7.18. The van der Waals surface area contributed by atoms with E-state index in [9.17, 15) is 5.26 Å². The number of imidazole rings is 1.